The number of halogens is 1. The standard InChI is InChI=1S/C12H18ClN3O/c1-8-11(13)9(15-14-8)7-16-6-2-3-10(16)12(17)4-5-12/h10,17H,2-7H2,1H3,(H,14,15). The van der Waals surface area contributed by atoms with E-state index in [4.69, 9.17) is 11.6 Å². The number of aromatic nitrogens is 2. The number of aryl methyl sites for hydroxylation is 1. The number of aromatic amines is 1. The van der Waals surface area contributed by atoms with Crippen molar-refractivity contribution in [1.29, 1.82) is 0 Å². The van der Waals surface area contributed by atoms with Crippen LogP contribution in [0.5, 0.6) is 0 Å². The molecule has 0 aromatic carbocycles. The first-order valence-corrected chi connectivity index (χ1v) is 6.64. The maximum absolute atomic E-state index is 10.2. The maximum atomic E-state index is 10.2. The molecule has 1 saturated heterocycles. The fourth-order valence-corrected chi connectivity index (χ4v) is 2.99. The molecule has 3 rings (SSSR count). The van der Waals surface area contributed by atoms with Crippen LogP contribution in [0.15, 0.2) is 0 Å². The Balaban J connectivity index is 1.74. The molecular weight excluding hydrogens is 238 g/mol. The highest BCUT2D eigenvalue weighted by Gasteiger charge is 2.51. The molecule has 0 spiro atoms. The fourth-order valence-electron chi connectivity index (χ4n) is 2.85. The smallest absolute Gasteiger partial charge is 0.0951 e. The summed E-state index contributed by atoms with van der Waals surface area (Å²) in [6.45, 7) is 3.71. The van der Waals surface area contributed by atoms with Crippen molar-refractivity contribution in [3.63, 3.8) is 0 Å². The molecule has 1 unspecified atom stereocenters. The van der Waals surface area contributed by atoms with Crippen LogP contribution in [0, 0.1) is 6.92 Å². The molecule has 1 atom stereocenters. The van der Waals surface area contributed by atoms with Crippen LogP contribution in [-0.4, -0.2) is 38.4 Å². The second kappa shape index (κ2) is 3.97. The van der Waals surface area contributed by atoms with Crippen LogP contribution in [0.2, 0.25) is 5.02 Å². The molecule has 5 heteroatoms. The summed E-state index contributed by atoms with van der Waals surface area (Å²) < 4.78 is 0. The van der Waals surface area contributed by atoms with Crippen molar-refractivity contribution < 1.29 is 5.11 Å². The number of nitrogens with one attached hydrogen (secondary N) is 1. The van der Waals surface area contributed by atoms with E-state index in [9.17, 15) is 5.11 Å². The van der Waals surface area contributed by atoms with Crippen molar-refractivity contribution in [2.24, 2.45) is 0 Å². The Hall–Kier alpha value is -0.580. The van der Waals surface area contributed by atoms with Gasteiger partial charge in [0.25, 0.3) is 0 Å². The van der Waals surface area contributed by atoms with Gasteiger partial charge in [0.15, 0.2) is 0 Å². The van der Waals surface area contributed by atoms with Gasteiger partial charge in [0.2, 0.25) is 0 Å². The molecule has 94 valence electrons. The van der Waals surface area contributed by atoms with Crippen LogP contribution in [-0.2, 0) is 6.54 Å². The molecule has 2 aliphatic rings. The molecule has 2 N–H and O–H groups in total. The van der Waals surface area contributed by atoms with Gasteiger partial charge in [-0.25, -0.2) is 0 Å². The summed E-state index contributed by atoms with van der Waals surface area (Å²) in [5.41, 5.74) is 1.40. The largest absolute Gasteiger partial charge is 0.388 e. The van der Waals surface area contributed by atoms with E-state index in [1.54, 1.807) is 0 Å². The fraction of sp³-hybridized carbons (Fsp3) is 0.750. The van der Waals surface area contributed by atoms with E-state index in [2.05, 4.69) is 15.1 Å². The van der Waals surface area contributed by atoms with Gasteiger partial charge in [-0.15, -0.1) is 0 Å². The minimum absolute atomic E-state index is 0.301. The monoisotopic (exact) mass is 255 g/mol. The molecule has 1 aromatic heterocycles. The topological polar surface area (TPSA) is 52.2 Å². The SMILES string of the molecule is Cc1[nH]nc(CN2CCCC2C2(O)CC2)c1Cl. The van der Waals surface area contributed by atoms with Crippen LogP contribution in [0.25, 0.3) is 0 Å². The molecule has 0 bridgehead atoms. The third-order valence-corrected chi connectivity index (χ3v) is 4.54. The summed E-state index contributed by atoms with van der Waals surface area (Å²) in [6.07, 6.45) is 4.15. The van der Waals surface area contributed by atoms with Crippen LogP contribution in [0.4, 0.5) is 0 Å². The Morgan fingerprint density at radius 1 is 1.59 bits per heavy atom. The molecule has 0 radical (unpaired) electrons. The predicted molar refractivity (Wildman–Crippen MR) is 66.0 cm³/mol. The Kier molecular flexibility index (Phi) is 2.69. The zero-order valence-corrected chi connectivity index (χ0v) is 10.8. The van der Waals surface area contributed by atoms with Gasteiger partial charge < -0.3 is 5.11 Å². The van der Waals surface area contributed by atoms with Gasteiger partial charge in [-0.3, -0.25) is 10.00 Å². The number of likely N-dealkylation sites (tertiary alicyclic amines) is 1. The lowest BCUT2D eigenvalue weighted by molar-refractivity contribution is 0.0476. The van der Waals surface area contributed by atoms with E-state index in [1.165, 1.54) is 0 Å². The van der Waals surface area contributed by atoms with Crippen molar-refractivity contribution in [3.05, 3.63) is 16.4 Å². The predicted octanol–water partition coefficient (Wildman–Crippen LogP) is 1.86. The number of hydrogen-bond donors (Lipinski definition) is 2. The normalized spacial score (nSPS) is 27.6. The zero-order valence-electron chi connectivity index (χ0n) is 10.0. The van der Waals surface area contributed by atoms with Gasteiger partial charge in [-0.2, -0.15) is 5.10 Å². The molecule has 1 aliphatic carbocycles. The van der Waals surface area contributed by atoms with Crippen molar-refractivity contribution >= 4 is 11.6 Å². The highest BCUT2D eigenvalue weighted by molar-refractivity contribution is 6.31. The highest BCUT2D eigenvalue weighted by atomic mass is 35.5. The van der Waals surface area contributed by atoms with Crippen molar-refractivity contribution in [2.45, 2.75) is 50.8 Å². The number of hydrogen-bond acceptors (Lipinski definition) is 3. The summed E-state index contributed by atoms with van der Waals surface area (Å²) in [5.74, 6) is 0. The van der Waals surface area contributed by atoms with E-state index in [-0.39, 0.29) is 0 Å². The number of nitrogens with zero attached hydrogens (tertiary/aromatic N) is 2. The minimum Gasteiger partial charge on any atom is -0.388 e. The highest BCUT2D eigenvalue weighted by Crippen LogP contribution is 2.45. The third kappa shape index (κ3) is 1.98. The van der Waals surface area contributed by atoms with Gasteiger partial charge in [0, 0.05) is 12.6 Å². The van der Waals surface area contributed by atoms with E-state index in [0.717, 1.165) is 55.2 Å². The van der Waals surface area contributed by atoms with E-state index < -0.39 is 5.60 Å². The van der Waals surface area contributed by atoms with Gasteiger partial charge >= 0.3 is 0 Å². The van der Waals surface area contributed by atoms with Gasteiger partial charge in [0.05, 0.1) is 22.0 Å². The molecular formula is C12H18ClN3O. The van der Waals surface area contributed by atoms with Crippen LogP contribution in [0.3, 0.4) is 0 Å². The molecule has 0 amide bonds. The average Bonchev–Trinajstić information content (AvgIpc) is 2.75. The average molecular weight is 256 g/mol. The first kappa shape index (κ1) is 11.5. The summed E-state index contributed by atoms with van der Waals surface area (Å²) in [5, 5.41) is 18.1. The van der Waals surface area contributed by atoms with Crippen molar-refractivity contribution in [2.75, 3.05) is 6.54 Å². The second-order valence-corrected chi connectivity index (χ2v) is 5.72. The van der Waals surface area contributed by atoms with Crippen LogP contribution >= 0.6 is 11.6 Å². The maximum Gasteiger partial charge on any atom is 0.0951 e. The number of aliphatic hydroxyl groups is 1. The number of rotatable bonds is 3. The van der Waals surface area contributed by atoms with E-state index in [0.29, 0.717) is 6.04 Å². The van der Waals surface area contributed by atoms with Gasteiger partial charge in [-0.05, 0) is 39.2 Å². The molecule has 1 aromatic rings. The van der Waals surface area contributed by atoms with Crippen molar-refractivity contribution in [3.8, 4) is 0 Å². The van der Waals surface area contributed by atoms with Crippen LogP contribution < -0.4 is 0 Å². The minimum atomic E-state index is -0.422. The van der Waals surface area contributed by atoms with Gasteiger partial charge in [-0.1, -0.05) is 11.6 Å². The lowest BCUT2D eigenvalue weighted by Gasteiger charge is -2.28. The number of H-pyrrole nitrogens is 1. The molecule has 4 nitrogen and oxygen atoms in total. The molecule has 1 saturated carbocycles. The summed E-state index contributed by atoms with van der Waals surface area (Å²) >= 11 is 6.18. The first-order chi connectivity index (χ1) is 8.10. The second-order valence-electron chi connectivity index (χ2n) is 5.34. The lowest BCUT2D eigenvalue weighted by atomic mass is 10.1. The Morgan fingerprint density at radius 3 is 2.94 bits per heavy atom. The molecule has 17 heavy (non-hydrogen) atoms. The van der Waals surface area contributed by atoms with Crippen molar-refractivity contribution in [1.82, 2.24) is 15.1 Å². The summed E-state index contributed by atoms with van der Waals surface area (Å²) in [4.78, 5) is 2.33. The summed E-state index contributed by atoms with van der Waals surface area (Å²) in [6, 6.07) is 0.301. The third-order valence-electron chi connectivity index (χ3n) is 4.04. The Bertz CT molecular complexity index is 427. The zero-order chi connectivity index (χ0) is 12.0. The van der Waals surface area contributed by atoms with Gasteiger partial charge in [0.1, 0.15) is 0 Å². The van der Waals surface area contributed by atoms with E-state index >= 15 is 0 Å². The molecule has 2 fully saturated rings. The Labute approximate surface area is 106 Å². The molecule has 2 heterocycles. The quantitative estimate of drug-likeness (QED) is 0.867. The van der Waals surface area contributed by atoms with Crippen LogP contribution in [0.1, 0.15) is 37.1 Å². The first-order valence-electron chi connectivity index (χ1n) is 6.26. The lowest BCUT2D eigenvalue weighted by Crippen LogP contribution is -2.40. The van der Waals surface area contributed by atoms with E-state index in [1.807, 2.05) is 6.92 Å². The molecule has 1 aliphatic heterocycles. The summed E-state index contributed by atoms with van der Waals surface area (Å²) in [7, 11) is 0. The Morgan fingerprint density at radius 2 is 2.35 bits per heavy atom.